The summed E-state index contributed by atoms with van der Waals surface area (Å²) in [5, 5.41) is 4.87. The summed E-state index contributed by atoms with van der Waals surface area (Å²) in [5.41, 5.74) is 2.99. The van der Waals surface area contributed by atoms with Crippen LogP contribution in [0.1, 0.15) is 18.4 Å². The minimum Gasteiger partial charge on any atom is -0.496 e. The Morgan fingerprint density at radius 2 is 1.90 bits per heavy atom. The maximum atomic E-state index is 12.9. The number of halogens is 2. The number of hydrogen-bond donors (Lipinski definition) is 1. The van der Waals surface area contributed by atoms with E-state index in [-0.39, 0.29) is 11.4 Å². The standard InChI is InChI=1S/C19H19Cl2N3O4S/c1-28-18-9-6-15(21)11-13(18)12-22-23-19(25)17-3-2-10-24(17)29(26,27)16-7-4-14(20)5-8-16/h4-9,11-12,17H,2-3,10H2,1H3,(H,23,25)/t17-/m1/s1. The van der Waals surface area contributed by atoms with Crippen LogP contribution in [0.25, 0.3) is 0 Å². The number of carbonyl (C=O) groups is 1. The number of sulfonamides is 1. The first-order valence-electron chi connectivity index (χ1n) is 8.77. The molecule has 0 bridgehead atoms. The van der Waals surface area contributed by atoms with Gasteiger partial charge in [0, 0.05) is 22.2 Å². The third-order valence-electron chi connectivity index (χ3n) is 4.50. The molecule has 1 aliphatic rings. The molecule has 1 heterocycles. The number of hydrogen-bond acceptors (Lipinski definition) is 5. The first kappa shape index (κ1) is 21.6. The van der Waals surface area contributed by atoms with Gasteiger partial charge in [-0.1, -0.05) is 23.2 Å². The molecular formula is C19H19Cl2N3O4S. The molecule has 1 amide bonds. The minimum atomic E-state index is -3.82. The third-order valence-corrected chi connectivity index (χ3v) is 6.91. The van der Waals surface area contributed by atoms with E-state index in [1.807, 2.05) is 0 Å². The second-order valence-corrected chi connectivity index (χ2v) is 9.11. The van der Waals surface area contributed by atoms with E-state index in [1.165, 1.54) is 41.9 Å². The maximum Gasteiger partial charge on any atom is 0.258 e. The summed E-state index contributed by atoms with van der Waals surface area (Å²) in [6, 6.07) is 10.0. The first-order valence-corrected chi connectivity index (χ1v) is 11.0. The molecule has 1 aliphatic heterocycles. The van der Waals surface area contributed by atoms with Gasteiger partial charge >= 0.3 is 0 Å². The topological polar surface area (TPSA) is 88.1 Å². The van der Waals surface area contributed by atoms with Gasteiger partial charge in [0.15, 0.2) is 0 Å². The van der Waals surface area contributed by atoms with Gasteiger partial charge in [-0.15, -0.1) is 0 Å². The maximum absolute atomic E-state index is 12.9. The van der Waals surface area contributed by atoms with Crippen LogP contribution in [0.3, 0.4) is 0 Å². The zero-order valence-electron chi connectivity index (χ0n) is 15.5. The van der Waals surface area contributed by atoms with E-state index >= 15 is 0 Å². The Morgan fingerprint density at radius 3 is 2.59 bits per heavy atom. The molecule has 0 radical (unpaired) electrons. The summed E-state index contributed by atoms with van der Waals surface area (Å²) < 4.78 is 32.2. The van der Waals surface area contributed by atoms with Gasteiger partial charge < -0.3 is 4.74 Å². The van der Waals surface area contributed by atoms with Crippen molar-refractivity contribution in [3.63, 3.8) is 0 Å². The van der Waals surface area contributed by atoms with Crippen LogP contribution >= 0.6 is 23.2 Å². The third kappa shape index (κ3) is 4.90. The molecular weight excluding hydrogens is 437 g/mol. The lowest BCUT2D eigenvalue weighted by Crippen LogP contribution is -2.44. The van der Waals surface area contributed by atoms with Crippen LogP contribution in [-0.2, 0) is 14.8 Å². The highest BCUT2D eigenvalue weighted by Gasteiger charge is 2.39. The van der Waals surface area contributed by atoms with Crippen LogP contribution in [0.2, 0.25) is 10.0 Å². The van der Waals surface area contributed by atoms with Crippen molar-refractivity contribution in [2.45, 2.75) is 23.8 Å². The fourth-order valence-corrected chi connectivity index (χ4v) is 5.04. The molecule has 29 heavy (non-hydrogen) atoms. The molecule has 0 unspecified atom stereocenters. The minimum absolute atomic E-state index is 0.0914. The molecule has 0 aliphatic carbocycles. The van der Waals surface area contributed by atoms with Crippen LogP contribution in [0, 0.1) is 0 Å². The Labute approximate surface area is 179 Å². The van der Waals surface area contributed by atoms with E-state index in [1.54, 1.807) is 18.2 Å². The Morgan fingerprint density at radius 1 is 1.21 bits per heavy atom. The van der Waals surface area contributed by atoms with E-state index in [9.17, 15) is 13.2 Å². The second-order valence-electron chi connectivity index (χ2n) is 6.35. The van der Waals surface area contributed by atoms with Gasteiger partial charge in [-0.3, -0.25) is 4.79 Å². The van der Waals surface area contributed by atoms with Gasteiger partial charge in [-0.2, -0.15) is 9.41 Å². The number of rotatable bonds is 6. The van der Waals surface area contributed by atoms with E-state index < -0.39 is 22.0 Å². The lowest BCUT2D eigenvalue weighted by atomic mass is 10.2. The van der Waals surface area contributed by atoms with Crippen LogP contribution < -0.4 is 10.2 Å². The Hall–Kier alpha value is -2.13. The van der Waals surface area contributed by atoms with Gasteiger partial charge in [-0.25, -0.2) is 13.8 Å². The van der Waals surface area contributed by atoms with E-state index in [4.69, 9.17) is 27.9 Å². The molecule has 154 valence electrons. The lowest BCUT2D eigenvalue weighted by molar-refractivity contribution is -0.124. The molecule has 10 heteroatoms. The predicted molar refractivity (Wildman–Crippen MR) is 112 cm³/mol. The van der Waals surface area contributed by atoms with Gasteiger partial charge in [0.2, 0.25) is 10.0 Å². The second kappa shape index (κ2) is 9.13. The van der Waals surface area contributed by atoms with Crippen molar-refractivity contribution in [2.75, 3.05) is 13.7 Å². The van der Waals surface area contributed by atoms with Gasteiger partial charge in [0.1, 0.15) is 11.8 Å². The molecule has 3 rings (SSSR count). The number of ether oxygens (including phenoxy) is 1. The monoisotopic (exact) mass is 455 g/mol. The Bertz CT molecular complexity index is 1030. The quantitative estimate of drug-likeness (QED) is 0.534. The van der Waals surface area contributed by atoms with Crippen molar-refractivity contribution in [2.24, 2.45) is 5.10 Å². The number of hydrazone groups is 1. The summed E-state index contributed by atoms with van der Waals surface area (Å²) in [6.45, 7) is 0.259. The largest absolute Gasteiger partial charge is 0.496 e. The molecule has 0 saturated carbocycles. The first-order chi connectivity index (χ1) is 13.8. The van der Waals surface area contributed by atoms with Crippen molar-refractivity contribution >= 4 is 45.3 Å². The average molecular weight is 456 g/mol. The SMILES string of the molecule is COc1ccc(Cl)cc1C=NNC(=O)[C@H]1CCCN1S(=O)(=O)c1ccc(Cl)cc1. The molecule has 0 aromatic heterocycles. The van der Waals surface area contributed by atoms with E-state index in [0.717, 1.165) is 0 Å². The number of carbonyl (C=O) groups excluding carboxylic acids is 1. The molecule has 1 N–H and O–H groups in total. The molecule has 7 nitrogen and oxygen atoms in total. The van der Waals surface area contributed by atoms with Gasteiger partial charge in [0.05, 0.1) is 18.2 Å². The van der Waals surface area contributed by atoms with Crippen LogP contribution in [0.15, 0.2) is 52.5 Å². The fraction of sp³-hybridized carbons (Fsp3) is 0.263. The smallest absolute Gasteiger partial charge is 0.258 e. The van der Waals surface area contributed by atoms with E-state index in [0.29, 0.717) is 34.2 Å². The highest BCUT2D eigenvalue weighted by molar-refractivity contribution is 7.89. The average Bonchev–Trinajstić information content (AvgIpc) is 3.19. The summed E-state index contributed by atoms with van der Waals surface area (Å²) in [4.78, 5) is 12.7. The number of amides is 1. The van der Waals surface area contributed by atoms with Crippen LogP contribution in [-0.4, -0.2) is 44.5 Å². The van der Waals surface area contributed by atoms with E-state index in [2.05, 4.69) is 10.5 Å². The lowest BCUT2D eigenvalue weighted by Gasteiger charge is -2.22. The summed E-state index contributed by atoms with van der Waals surface area (Å²) in [7, 11) is -2.31. The van der Waals surface area contributed by atoms with Gasteiger partial charge in [0.25, 0.3) is 5.91 Å². The van der Waals surface area contributed by atoms with Crippen LogP contribution in [0.5, 0.6) is 5.75 Å². The molecule has 1 atom stereocenters. The Kier molecular flexibility index (Phi) is 6.79. The summed E-state index contributed by atoms with van der Waals surface area (Å²) in [5.74, 6) is 0.0393. The highest BCUT2D eigenvalue weighted by atomic mass is 35.5. The molecule has 1 fully saturated rings. The van der Waals surface area contributed by atoms with Crippen molar-refractivity contribution in [1.29, 1.82) is 0 Å². The predicted octanol–water partition coefficient (Wildman–Crippen LogP) is 3.31. The normalized spacial score (nSPS) is 17.6. The van der Waals surface area contributed by atoms with Gasteiger partial charge in [-0.05, 0) is 55.3 Å². The zero-order valence-corrected chi connectivity index (χ0v) is 17.8. The highest BCUT2D eigenvalue weighted by Crippen LogP contribution is 2.27. The summed E-state index contributed by atoms with van der Waals surface area (Å²) in [6.07, 6.45) is 2.39. The molecule has 0 spiro atoms. The molecule has 2 aromatic carbocycles. The number of methoxy groups -OCH3 is 1. The van der Waals surface area contributed by atoms with Crippen molar-refractivity contribution in [3.8, 4) is 5.75 Å². The van der Waals surface area contributed by atoms with Crippen LogP contribution in [0.4, 0.5) is 0 Å². The fourth-order valence-electron chi connectivity index (χ4n) is 3.08. The molecule has 1 saturated heterocycles. The Balaban J connectivity index is 1.73. The molecule has 2 aromatic rings. The number of benzene rings is 2. The summed E-state index contributed by atoms with van der Waals surface area (Å²) >= 11 is 11.8. The van der Waals surface area contributed by atoms with Crippen molar-refractivity contribution < 1.29 is 17.9 Å². The van der Waals surface area contributed by atoms with Crippen molar-refractivity contribution in [1.82, 2.24) is 9.73 Å². The number of nitrogens with one attached hydrogen (secondary N) is 1. The van der Waals surface area contributed by atoms with Crippen molar-refractivity contribution in [3.05, 3.63) is 58.1 Å². The zero-order chi connectivity index (χ0) is 21.0. The number of nitrogens with zero attached hydrogens (tertiary/aromatic N) is 2.